The molecule has 0 aromatic heterocycles. The average Bonchev–Trinajstić information content (AvgIpc) is 3.00. The van der Waals surface area contributed by atoms with Crippen LogP contribution in [0.1, 0.15) is 18.4 Å². The molecular weight excluding hydrogens is 181 g/mol. The van der Waals surface area contributed by atoms with Crippen LogP contribution < -0.4 is 4.90 Å². The van der Waals surface area contributed by atoms with Crippen LogP contribution in [0.25, 0.3) is 0 Å². The van der Waals surface area contributed by atoms with Gasteiger partial charge in [-0.2, -0.15) is 0 Å². The van der Waals surface area contributed by atoms with Crippen molar-refractivity contribution in [2.24, 2.45) is 0 Å². The van der Waals surface area contributed by atoms with Crippen LogP contribution >= 0.6 is 0 Å². The van der Waals surface area contributed by atoms with Gasteiger partial charge in [0.1, 0.15) is 5.82 Å². The van der Waals surface area contributed by atoms with E-state index in [-0.39, 0.29) is 12.4 Å². The molecule has 76 valence electrons. The zero-order valence-corrected chi connectivity index (χ0v) is 8.20. The van der Waals surface area contributed by atoms with Crippen LogP contribution in [0.3, 0.4) is 0 Å². The molecular formula is C11H14FNO. The van der Waals surface area contributed by atoms with Crippen LogP contribution in [-0.4, -0.2) is 18.2 Å². The molecule has 0 aliphatic heterocycles. The predicted molar refractivity (Wildman–Crippen MR) is 53.7 cm³/mol. The SMILES string of the molecule is CN(c1ccc(CO)cc1F)C1CC1. The van der Waals surface area contributed by atoms with Gasteiger partial charge in [-0.15, -0.1) is 0 Å². The lowest BCUT2D eigenvalue weighted by molar-refractivity contribution is 0.281. The maximum absolute atomic E-state index is 13.5. The molecule has 0 bridgehead atoms. The van der Waals surface area contributed by atoms with E-state index in [1.54, 1.807) is 12.1 Å². The highest BCUT2D eigenvalue weighted by Gasteiger charge is 2.27. The van der Waals surface area contributed by atoms with Gasteiger partial charge >= 0.3 is 0 Å². The highest BCUT2D eigenvalue weighted by molar-refractivity contribution is 5.50. The molecule has 3 heteroatoms. The van der Waals surface area contributed by atoms with E-state index in [0.29, 0.717) is 17.3 Å². The highest BCUT2D eigenvalue weighted by atomic mass is 19.1. The van der Waals surface area contributed by atoms with Crippen molar-refractivity contribution in [1.29, 1.82) is 0 Å². The monoisotopic (exact) mass is 195 g/mol. The van der Waals surface area contributed by atoms with E-state index in [4.69, 9.17) is 5.11 Å². The Morgan fingerprint density at radius 2 is 2.21 bits per heavy atom. The minimum absolute atomic E-state index is 0.107. The molecule has 1 aliphatic carbocycles. The lowest BCUT2D eigenvalue weighted by Crippen LogP contribution is -2.20. The van der Waals surface area contributed by atoms with Gasteiger partial charge in [0.25, 0.3) is 0 Å². The Hall–Kier alpha value is -1.09. The van der Waals surface area contributed by atoms with E-state index in [0.717, 1.165) is 12.8 Å². The summed E-state index contributed by atoms with van der Waals surface area (Å²) in [5, 5.41) is 8.83. The molecule has 0 heterocycles. The molecule has 0 saturated heterocycles. The van der Waals surface area contributed by atoms with Gasteiger partial charge in [0.15, 0.2) is 0 Å². The summed E-state index contributed by atoms with van der Waals surface area (Å²) in [5.74, 6) is -0.244. The van der Waals surface area contributed by atoms with Crippen LogP contribution in [0.15, 0.2) is 18.2 Å². The third kappa shape index (κ3) is 1.73. The molecule has 1 fully saturated rings. The number of hydrogen-bond acceptors (Lipinski definition) is 2. The Morgan fingerprint density at radius 3 is 2.71 bits per heavy atom. The fraction of sp³-hybridized carbons (Fsp3) is 0.455. The van der Waals surface area contributed by atoms with Gasteiger partial charge in [0, 0.05) is 13.1 Å². The molecule has 1 aromatic rings. The molecule has 0 unspecified atom stereocenters. The van der Waals surface area contributed by atoms with E-state index in [1.165, 1.54) is 6.07 Å². The number of hydrogen-bond donors (Lipinski definition) is 1. The Morgan fingerprint density at radius 1 is 1.50 bits per heavy atom. The summed E-state index contributed by atoms with van der Waals surface area (Å²) >= 11 is 0. The molecule has 1 saturated carbocycles. The summed E-state index contributed by atoms with van der Waals surface area (Å²) in [6.07, 6.45) is 2.30. The first-order chi connectivity index (χ1) is 6.72. The number of aliphatic hydroxyl groups excluding tert-OH is 1. The second-order valence-electron chi connectivity index (χ2n) is 3.79. The van der Waals surface area contributed by atoms with Crippen molar-refractivity contribution in [3.8, 4) is 0 Å². The van der Waals surface area contributed by atoms with Gasteiger partial charge in [-0.25, -0.2) is 4.39 Å². The first-order valence-electron chi connectivity index (χ1n) is 4.84. The third-order valence-corrected chi connectivity index (χ3v) is 2.67. The topological polar surface area (TPSA) is 23.5 Å². The van der Waals surface area contributed by atoms with Crippen LogP contribution in [0.4, 0.5) is 10.1 Å². The van der Waals surface area contributed by atoms with E-state index >= 15 is 0 Å². The zero-order valence-electron chi connectivity index (χ0n) is 8.20. The summed E-state index contributed by atoms with van der Waals surface area (Å²) < 4.78 is 13.5. The quantitative estimate of drug-likeness (QED) is 0.796. The number of benzene rings is 1. The van der Waals surface area contributed by atoms with Crippen LogP contribution in [0.5, 0.6) is 0 Å². The lowest BCUT2D eigenvalue weighted by atomic mass is 10.2. The number of nitrogens with zero attached hydrogens (tertiary/aromatic N) is 1. The number of rotatable bonds is 3. The van der Waals surface area contributed by atoms with Gasteiger partial charge in [-0.1, -0.05) is 6.07 Å². The first-order valence-corrected chi connectivity index (χ1v) is 4.84. The summed E-state index contributed by atoms with van der Waals surface area (Å²) in [6.45, 7) is -0.107. The maximum Gasteiger partial charge on any atom is 0.146 e. The second kappa shape index (κ2) is 3.58. The van der Waals surface area contributed by atoms with Gasteiger partial charge in [0.05, 0.1) is 12.3 Å². The fourth-order valence-corrected chi connectivity index (χ4v) is 1.59. The highest BCUT2D eigenvalue weighted by Crippen LogP contribution is 2.31. The molecule has 2 rings (SSSR count). The number of anilines is 1. The molecule has 0 atom stereocenters. The van der Waals surface area contributed by atoms with E-state index in [1.807, 2.05) is 11.9 Å². The Bertz CT molecular complexity index is 336. The van der Waals surface area contributed by atoms with Crippen molar-refractivity contribution in [2.75, 3.05) is 11.9 Å². The Labute approximate surface area is 83.0 Å². The van der Waals surface area contributed by atoms with Crippen molar-refractivity contribution in [3.63, 3.8) is 0 Å². The van der Waals surface area contributed by atoms with Crippen LogP contribution in [0.2, 0.25) is 0 Å². The molecule has 14 heavy (non-hydrogen) atoms. The molecule has 0 spiro atoms. The van der Waals surface area contributed by atoms with Crippen molar-refractivity contribution < 1.29 is 9.50 Å². The average molecular weight is 195 g/mol. The molecule has 1 aromatic carbocycles. The smallest absolute Gasteiger partial charge is 0.146 e. The minimum atomic E-state index is -0.244. The summed E-state index contributed by atoms with van der Waals surface area (Å²) in [6, 6.07) is 5.40. The van der Waals surface area contributed by atoms with Gasteiger partial charge in [-0.05, 0) is 30.5 Å². The molecule has 0 amide bonds. The van der Waals surface area contributed by atoms with Crippen molar-refractivity contribution in [2.45, 2.75) is 25.5 Å². The lowest BCUT2D eigenvalue weighted by Gasteiger charge is -2.19. The van der Waals surface area contributed by atoms with E-state index in [2.05, 4.69) is 0 Å². The Kier molecular flexibility index (Phi) is 2.42. The molecule has 1 aliphatic rings. The van der Waals surface area contributed by atoms with Crippen LogP contribution in [0, 0.1) is 5.82 Å². The Balaban J connectivity index is 2.24. The van der Waals surface area contributed by atoms with Crippen molar-refractivity contribution >= 4 is 5.69 Å². The normalized spacial score (nSPS) is 15.6. The van der Waals surface area contributed by atoms with Crippen LogP contribution in [-0.2, 0) is 6.61 Å². The third-order valence-electron chi connectivity index (χ3n) is 2.67. The summed E-state index contributed by atoms with van der Waals surface area (Å²) in [5.41, 5.74) is 1.25. The molecule has 1 N–H and O–H groups in total. The first kappa shape index (κ1) is 9.46. The number of halogens is 1. The second-order valence-corrected chi connectivity index (χ2v) is 3.79. The van der Waals surface area contributed by atoms with E-state index < -0.39 is 0 Å². The standard InChI is InChI=1S/C11H14FNO/c1-13(9-3-4-9)11-5-2-8(7-14)6-10(11)12/h2,5-6,9,14H,3-4,7H2,1H3. The number of aliphatic hydroxyl groups is 1. The van der Waals surface area contributed by atoms with Gasteiger partial charge in [-0.3, -0.25) is 0 Å². The van der Waals surface area contributed by atoms with E-state index in [9.17, 15) is 4.39 Å². The summed E-state index contributed by atoms with van der Waals surface area (Å²) in [7, 11) is 1.91. The maximum atomic E-state index is 13.5. The summed E-state index contributed by atoms with van der Waals surface area (Å²) in [4.78, 5) is 1.97. The molecule has 0 radical (unpaired) electrons. The minimum Gasteiger partial charge on any atom is -0.392 e. The predicted octanol–water partition coefficient (Wildman–Crippen LogP) is 1.92. The van der Waals surface area contributed by atoms with Crippen molar-refractivity contribution in [3.05, 3.63) is 29.6 Å². The fourth-order valence-electron chi connectivity index (χ4n) is 1.59. The van der Waals surface area contributed by atoms with Gasteiger partial charge < -0.3 is 10.0 Å². The molecule has 2 nitrogen and oxygen atoms in total. The van der Waals surface area contributed by atoms with Gasteiger partial charge in [0.2, 0.25) is 0 Å². The zero-order chi connectivity index (χ0) is 10.1. The largest absolute Gasteiger partial charge is 0.392 e. The van der Waals surface area contributed by atoms with Crippen molar-refractivity contribution in [1.82, 2.24) is 0 Å².